The molecular weight excluding hydrogens is 516 g/mol. The minimum atomic E-state index is -0.311. The zero-order chi connectivity index (χ0) is 26.8. The number of hydrogen-bond acceptors (Lipinski definition) is 7. The van der Waals surface area contributed by atoms with Crippen LogP contribution in [0.25, 0.3) is 6.08 Å². The van der Waals surface area contributed by atoms with Gasteiger partial charge in [-0.3, -0.25) is 19.1 Å². The minimum absolute atomic E-state index is 0.00840. The van der Waals surface area contributed by atoms with E-state index in [0.29, 0.717) is 27.3 Å². The van der Waals surface area contributed by atoms with Gasteiger partial charge in [-0.2, -0.15) is 5.26 Å². The van der Waals surface area contributed by atoms with Gasteiger partial charge < -0.3 is 9.64 Å². The van der Waals surface area contributed by atoms with Crippen molar-refractivity contribution in [2.75, 3.05) is 31.1 Å². The SMILES string of the molecule is Cc1c(/C=C2\SC(=S)N(CC3CCCO3)C2=O)c(N2CCC(Cc3ccccc3)CC2)n(C)c(=O)c1C#N. The Morgan fingerprint density at radius 2 is 1.92 bits per heavy atom. The highest BCUT2D eigenvalue weighted by atomic mass is 32.2. The van der Waals surface area contributed by atoms with Crippen molar-refractivity contribution in [1.29, 1.82) is 5.26 Å². The lowest BCUT2D eigenvalue weighted by Gasteiger charge is -2.36. The van der Waals surface area contributed by atoms with E-state index in [9.17, 15) is 14.9 Å². The molecule has 4 heterocycles. The zero-order valence-corrected chi connectivity index (χ0v) is 23.4. The van der Waals surface area contributed by atoms with Gasteiger partial charge in [0.25, 0.3) is 11.5 Å². The Balaban J connectivity index is 1.44. The van der Waals surface area contributed by atoms with Crippen molar-refractivity contribution in [3.63, 3.8) is 0 Å². The lowest BCUT2D eigenvalue weighted by atomic mass is 9.90. The van der Waals surface area contributed by atoms with Crippen molar-refractivity contribution in [1.82, 2.24) is 9.47 Å². The highest BCUT2D eigenvalue weighted by molar-refractivity contribution is 8.26. The van der Waals surface area contributed by atoms with Gasteiger partial charge in [0.05, 0.1) is 17.6 Å². The van der Waals surface area contributed by atoms with Crippen molar-refractivity contribution in [3.8, 4) is 6.07 Å². The van der Waals surface area contributed by atoms with Crippen molar-refractivity contribution in [2.24, 2.45) is 13.0 Å². The second-order valence-electron chi connectivity index (χ2n) is 10.3. The molecule has 5 rings (SSSR count). The normalized spacial score (nSPS) is 21.5. The number of nitriles is 1. The maximum absolute atomic E-state index is 13.4. The number of piperidine rings is 1. The summed E-state index contributed by atoms with van der Waals surface area (Å²) in [4.78, 5) is 30.9. The molecule has 7 nitrogen and oxygen atoms in total. The van der Waals surface area contributed by atoms with Gasteiger partial charge in [-0.1, -0.05) is 54.3 Å². The monoisotopic (exact) mass is 548 g/mol. The van der Waals surface area contributed by atoms with Gasteiger partial charge in [0.1, 0.15) is 21.8 Å². The molecule has 9 heteroatoms. The highest BCUT2D eigenvalue weighted by Gasteiger charge is 2.35. The average Bonchev–Trinajstić information content (AvgIpc) is 3.53. The molecule has 3 fully saturated rings. The Kier molecular flexibility index (Phi) is 8.03. The van der Waals surface area contributed by atoms with E-state index in [1.807, 2.05) is 12.1 Å². The fraction of sp³-hybridized carbons (Fsp3) is 0.448. The second-order valence-corrected chi connectivity index (χ2v) is 11.9. The van der Waals surface area contributed by atoms with Crippen LogP contribution in [0.5, 0.6) is 0 Å². The number of anilines is 1. The van der Waals surface area contributed by atoms with Gasteiger partial charge in [0, 0.05) is 32.3 Å². The third kappa shape index (κ3) is 5.31. The first kappa shape index (κ1) is 26.7. The summed E-state index contributed by atoms with van der Waals surface area (Å²) in [7, 11) is 1.72. The Labute approximate surface area is 233 Å². The minimum Gasteiger partial charge on any atom is -0.376 e. The Hall–Kier alpha value is -2.93. The fourth-order valence-electron chi connectivity index (χ4n) is 5.67. The molecule has 38 heavy (non-hydrogen) atoms. The van der Waals surface area contributed by atoms with Crippen LogP contribution in [0, 0.1) is 24.2 Å². The van der Waals surface area contributed by atoms with Crippen LogP contribution >= 0.6 is 24.0 Å². The lowest BCUT2D eigenvalue weighted by Crippen LogP contribution is -2.39. The summed E-state index contributed by atoms with van der Waals surface area (Å²) in [6.07, 6.45) is 6.81. The van der Waals surface area contributed by atoms with Gasteiger partial charge in [-0.25, -0.2) is 0 Å². The molecule has 3 aliphatic rings. The first-order valence-electron chi connectivity index (χ1n) is 13.2. The number of ether oxygens (including phenoxy) is 1. The molecule has 3 aliphatic heterocycles. The molecule has 1 aromatic carbocycles. The lowest BCUT2D eigenvalue weighted by molar-refractivity contribution is -0.123. The molecule has 1 aromatic heterocycles. The molecule has 198 valence electrons. The first-order valence-corrected chi connectivity index (χ1v) is 14.4. The third-order valence-corrected chi connectivity index (χ3v) is 9.19. The van der Waals surface area contributed by atoms with Crippen LogP contribution in [-0.4, -0.2) is 52.0 Å². The van der Waals surface area contributed by atoms with E-state index in [2.05, 4.69) is 35.2 Å². The Morgan fingerprint density at radius 1 is 1.18 bits per heavy atom. The molecule has 1 atom stereocenters. The van der Waals surface area contributed by atoms with Crippen LogP contribution in [0.15, 0.2) is 40.0 Å². The van der Waals surface area contributed by atoms with Gasteiger partial charge in [-0.05, 0) is 62.1 Å². The topological polar surface area (TPSA) is 78.6 Å². The number of thioether (sulfide) groups is 1. The van der Waals surface area contributed by atoms with Crippen molar-refractivity contribution in [2.45, 2.75) is 45.1 Å². The summed E-state index contributed by atoms with van der Waals surface area (Å²) >= 11 is 6.83. The number of pyridine rings is 1. The van der Waals surface area contributed by atoms with Gasteiger partial charge in [0.15, 0.2) is 0 Å². The Morgan fingerprint density at radius 3 is 2.58 bits per heavy atom. The average molecular weight is 549 g/mol. The van der Waals surface area contributed by atoms with E-state index in [0.717, 1.165) is 63.2 Å². The molecule has 1 amide bonds. The second kappa shape index (κ2) is 11.4. The number of rotatable bonds is 6. The zero-order valence-electron chi connectivity index (χ0n) is 21.8. The highest BCUT2D eigenvalue weighted by Crippen LogP contribution is 2.37. The molecule has 2 aromatic rings. The van der Waals surface area contributed by atoms with Crippen molar-refractivity contribution in [3.05, 3.63) is 67.8 Å². The molecule has 0 N–H and O–H groups in total. The van der Waals surface area contributed by atoms with Crippen LogP contribution in [0.3, 0.4) is 0 Å². The first-order chi connectivity index (χ1) is 18.4. The number of hydrogen-bond donors (Lipinski definition) is 0. The van der Waals surface area contributed by atoms with E-state index >= 15 is 0 Å². The number of carbonyl (C=O) groups is 1. The summed E-state index contributed by atoms with van der Waals surface area (Å²) < 4.78 is 7.81. The molecule has 3 saturated heterocycles. The van der Waals surface area contributed by atoms with Crippen LogP contribution in [0.1, 0.15) is 47.9 Å². The number of thiocarbonyl (C=S) groups is 1. The molecule has 0 bridgehead atoms. The Bertz CT molecular complexity index is 1360. The number of aromatic nitrogens is 1. The number of benzene rings is 1. The van der Waals surface area contributed by atoms with Crippen LogP contribution < -0.4 is 10.5 Å². The van der Waals surface area contributed by atoms with Crippen molar-refractivity contribution < 1.29 is 9.53 Å². The van der Waals surface area contributed by atoms with Crippen LogP contribution in [-0.2, 0) is 23.0 Å². The third-order valence-electron chi connectivity index (χ3n) is 7.81. The summed E-state index contributed by atoms with van der Waals surface area (Å²) in [5, 5.41) is 9.77. The van der Waals surface area contributed by atoms with Gasteiger partial charge in [-0.15, -0.1) is 0 Å². The quantitative estimate of drug-likeness (QED) is 0.391. The van der Waals surface area contributed by atoms with E-state index in [-0.39, 0.29) is 23.1 Å². The van der Waals surface area contributed by atoms with E-state index in [4.69, 9.17) is 17.0 Å². The largest absolute Gasteiger partial charge is 0.376 e. The van der Waals surface area contributed by atoms with Gasteiger partial charge >= 0.3 is 0 Å². The van der Waals surface area contributed by atoms with Crippen LogP contribution in [0.4, 0.5) is 5.82 Å². The van der Waals surface area contributed by atoms with E-state index in [1.165, 1.54) is 17.3 Å². The molecule has 0 saturated carbocycles. The molecule has 0 spiro atoms. The predicted molar refractivity (Wildman–Crippen MR) is 155 cm³/mol. The molecule has 0 aliphatic carbocycles. The van der Waals surface area contributed by atoms with Crippen molar-refractivity contribution >= 4 is 46.1 Å². The number of amides is 1. The maximum Gasteiger partial charge on any atom is 0.270 e. The molecule has 1 unspecified atom stereocenters. The van der Waals surface area contributed by atoms with Crippen LogP contribution in [0.2, 0.25) is 0 Å². The maximum atomic E-state index is 13.4. The van der Waals surface area contributed by atoms with Gasteiger partial charge in [0.2, 0.25) is 0 Å². The summed E-state index contributed by atoms with van der Waals surface area (Å²) in [5.74, 6) is 1.19. The summed E-state index contributed by atoms with van der Waals surface area (Å²) in [5.41, 5.74) is 2.48. The number of carbonyl (C=O) groups excluding carboxylic acids is 1. The molecular formula is C29H32N4O3S2. The number of nitrogens with zero attached hydrogens (tertiary/aromatic N) is 4. The molecule has 0 radical (unpaired) electrons. The van der Waals surface area contributed by atoms with E-state index in [1.54, 1.807) is 23.4 Å². The fourth-order valence-corrected chi connectivity index (χ4v) is 6.93. The summed E-state index contributed by atoms with van der Waals surface area (Å²) in [6.45, 7) is 4.58. The predicted octanol–water partition coefficient (Wildman–Crippen LogP) is 4.40. The summed E-state index contributed by atoms with van der Waals surface area (Å²) in [6, 6.07) is 12.6. The van der Waals surface area contributed by atoms with E-state index < -0.39 is 0 Å². The smallest absolute Gasteiger partial charge is 0.270 e. The standard InChI is InChI=1S/C29H32N4O3S2/c1-19-23(16-25-28(35)33(29(37)38-25)18-22-9-6-14-36-22)26(31(2)27(34)24(19)17-30)32-12-10-21(11-13-32)15-20-7-4-3-5-8-20/h3-5,7-8,16,21-22H,6,9-15,18H2,1-2H3/b25-16-.